The van der Waals surface area contributed by atoms with Crippen LogP contribution in [-0.4, -0.2) is 24.5 Å². The van der Waals surface area contributed by atoms with Crippen molar-refractivity contribution in [2.75, 3.05) is 17.2 Å². The number of amides is 2. The molecular weight excluding hydrogens is 340 g/mol. The van der Waals surface area contributed by atoms with Crippen LogP contribution in [0.15, 0.2) is 48.5 Å². The van der Waals surface area contributed by atoms with Gasteiger partial charge in [0.25, 0.3) is 11.8 Å². The molecule has 2 amide bonds. The summed E-state index contributed by atoms with van der Waals surface area (Å²) in [4.78, 5) is 24.7. The Morgan fingerprint density at radius 3 is 2.37 bits per heavy atom. The zero-order valence-corrected chi connectivity index (χ0v) is 16.0. The van der Waals surface area contributed by atoms with E-state index in [0.29, 0.717) is 17.9 Å². The molecule has 0 aromatic heterocycles. The molecule has 0 bridgehead atoms. The first-order valence-corrected chi connectivity index (χ1v) is 9.27. The molecule has 0 saturated carbocycles. The van der Waals surface area contributed by atoms with Crippen molar-refractivity contribution in [1.82, 2.24) is 0 Å². The van der Waals surface area contributed by atoms with Crippen molar-refractivity contribution in [3.63, 3.8) is 0 Å². The molecule has 27 heavy (non-hydrogen) atoms. The number of hydrogen-bond acceptors (Lipinski definition) is 3. The van der Waals surface area contributed by atoms with E-state index >= 15 is 0 Å². The molecule has 1 heterocycles. The van der Waals surface area contributed by atoms with E-state index in [1.165, 1.54) is 5.56 Å². The SMILES string of the molecule is CC(C)(C)c1ccc(NC(=O)c2cccc(NC(=O)C3CCCO3)c2)cc1. The average Bonchev–Trinajstić information content (AvgIpc) is 3.16. The van der Waals surface area contributed by atoms with E-state index in [9.17, 15) is 9.59 Å². The zero-order valence-electron chi connectivity index (χ0n) is 16.0. The molecule has 1 fully saturated rings. The van der Waals surface area contributed by atoms with Gasteiger partial charge in [-0.05, 0) is 54.2 Å². The monoisotopic (exact) mass is 366 g/mol. The Labute approximate surface area is 160 Å². The largest absolute Gasteiger partial charge is 0.368 e. The summed E-state index contributed by atoms with van der Waals surface area (Å²) in [5, 5.41) is 5.72. The van der Waals surface area contributed by atoms with Crippen LogP contribution in [0.1, 0.15) is 49.5 Å². The molecule has 0 radical (unpaired) electrons. The van der Waals surface area contributed by atoms with E-state index < -0.39 is 6.10 Å². The molecule has 0 aliphatic carbocycles. The Kier molecular flexibility index (Phi) is 5.61. The molecule has 142 valence electrons. The van der Waals surface area contributed by atoms with Crippen molar-refractivity contribution in [2.45, 2.75) is 45.1 Å². The van der Waals surface area contributed by atoms with Crippen LogP contribution >= 0.6 is 0 Å². The van der Waals surface area contributed by atoms with E-state index in [4.69, 9.17) is 4.74 Å². The molecular formula is C22H26N2O3. The normalized spacial score (nSPS) is 16.8. The smallest absolute Gasteiger partial charge is 0.255 e. The van der Waals surface area contributed by atoms with Gasteiger partial charge >= 0.3 is 0 Å². The van der Waals surface area contributed by atoms with Gasteiger partial charge in [-0.25, -0.2) is 0 Å². The summed E-state index contributed by atoms with van der Waals surface area (Å²) in [7, 11) is 0. The van der Waals surface area contributed by atoms with Crippen molar-refractivity contribution in [3.05, 3.63) is 59.7 Å². The lowest BCUT2D eigenvalue weighted by atomic mass is 9.87. The van der Waals surface area contributed by atoms with E-state index in [1.807, 2.05) is 24.3 Å². The highest BCUT2D eigenvalue weighted by Gasteiger charge is 2.23. The molecule has 1 aliphatic rings. The Morgan fingerprint density at radius 1 is 1.00 bits per heavy atom. The molecule has 3 rings (SSSR count). The number of nitrogens with one attached hydrogen (secondary N) is 2. The lowest BCUT2D eigenvalue weighted by molar-refractivity contribution is -0.124. The fourth-order valence-electron chi connectivity index (χ4n) is 3.00. The summed E-state index contributed by atoms with van der Waals surface area (Å²) >= 11 is 0. The average molecular weight is 366 g/mol. The predicted molar refractivity (Wildman–Crippen MR) is 107 cm³/mol. The highest BCUT2D eigenvalue weighted by Crippen LogP contribution is 2.24. The fraction of sp³-hybridized carbons (Fsp3) is 0.364. The van der Waals surface area contributed by atoms with Crippen LogP contribution in [0, 0.1) is 0 Å². The summed E-state index contributed by atoms with van der Waals surface area (Å²) in [6, 6.07) is 14.8. The minimum absolute atomic E-state index is 0.0676. The molecule has 2 aromatic carbocycles. The Balaban J connectivity index is 1.65. The van der Waals surface area contributed by atoms with Gasteiger partial charge < -0.3 is 15.4 Å². The number of carbonyl (C=O) groups is 2. The lowest BCUT2D eigenvalue weighted by Crippen LogP contribution is -2.27. The van der Waals surface area contributed by atoms with Crippen LogP contribution in [0.5, 0.6) is 0 Å². The van der Waals surface area contributed by atoms with Crippen molar-refractivity contribution in [3.8, 4) is 0 Å². The Hall–Kier alpha value is -2.66. The van der Waals surface area contributed by atoms with E-state index in [-0.39, 0.29) is 17.2 Å². The molecule has 1 atom stereocenters. The molecule has 2 aromatic rings. The Bertz CT molecular complexity index is 816. The number of carbonyl (C=O) groups excluding carboxylic acids is 2. The third-order valence-corrected chi connectivity index (χ3v) is 4.62. The maximum absolute atomic E-state index is 12.5. The molecule has 0 spiro atoms. The van der Waals surface area contributed by atoms with Gasteiger partial charge in [-0.15, -0.1) is 0 Å². The number of ether oxygens (including phenoxy) is 1. The minimum Gasteiger partial charge on any atom is -0.368 e. The molecule has 5 heteroatoms. The molecule has 5 nitrogen and oxygen atoms in total. The van der Waals surface area contributed by atoms with Crippen LogP contribution in [0.25, 0.3) is 0 Å². The number of benzene rings is 2. The summed E-state index contributed by atoms with van der Waals surface area (Å²) < 4.78 is 5.39. The second kappa shape index (κ2) is 7.92. The number of anilines is 2. The maximum Gasteiger partial charge on any atom is 0.255 e. The Morgan fingerprint density at radius 2 is 1.74 bits per heavy atom. The first-order valence-electron chi connectivity index (χ1n) is 9.27. The van der Waals surface area contributed by atoms with Gasteiger partial charge in [0.15, 0.2) is 0 Å². The first-order chi connectivity index (χ1) is 12.8. The van der Waals surface area contributed by atoms with Crippen LogP contribution in [0.2, 0.25) is 0 Å². The van der Waals surface area contributed by atoms with Crippen molar-refractivity contribution in [1.29, 1.82) is 0 Å². The summed E-state index contributed by atoms with van der Waals surface area (Å²) in [5.41, 5.74) is 3.09. The first kappa shape index (κ1) is 19.1. The van der Waals surface area contributed by atoms with Crippen molar-refractivity contribution in [2.24, 2.45) is 0 Å². The van der Waals surface area contributed by atoms with Gasteiger partial charge in [-0.2, -0.15) is 0 Å². The van der Waals surface area contributed by atoms with Gasteiger partial charge in [-0.3, -0.25) is 9.59 Å². The molecule has 2 N–H and O–H groups in total. The summed E-state index contributed by atoms with van der Waals surface area (Å²) in [6.07, 6.45) is 1.23. The zero-order chi connectivity index (χ0) is 19.4. The van der Waals surface area contributed by atoms with E-state index in [2.05, 4.69) is 31.4 Å². The van der Waals surface area contributed by atoms with Crippen LogP contribution in [0.3, 0.4) is 0 Å². The van der Waals surface area contributed by atoms with E-state index in [1.54, 1.807) is 24.3 Å². The predicted octanol–water partition coefficient (Wildman–Crippen LogP) is 4.35. The molecule has 1 saturated heterocycles. The second-order valence-electron chi connectivity index (χ2n) is 7.85. The fourth-order valence-corrected chi connectivity index (χ4v) is 3.00. The lowest BCUT2D eigenvalue weighted by Gasteiger charge is -2.19. The van der Waals surface area contributed by atoms with Crippen LogP contribution in [-0.2, 0) is 14.9 Å². The van der Waals surface area contributed by atoms with Crippen LogP contribution in [0.4, 0.5) is 11.4 Å². The minimum atomic E-state index is -0.399. The topological polar surface area (TPSA) is 67.4 Å². The van der Waals surface area contributed by atoms with Gasteiger partial charge in [0.05, 0.1) is 0 Å². The van der Waals surface area contributed by atoms with Gasteiger partial charge in [0, 0.05) is 23.5 Å². The second-order valence-corrected chi connectivity index (χ2v) is 7.85. The van der Waals surface area contributed by atoms with E-state index in [0.717, 1.165) is 18.5 Å². The third kappa shape index (κ3) is 4.95. The third-order valence-electron chi connectivity index (χ3n) is 4.62. The maximum atomic E-state index is 12.5. The summed E-state index contributed by atoms with van der Waals surface area (Å²) in [6.45, 7) is 7.07. The van der Waals surface area contributed by atoms with Crippen molar-refractivity contribution >= 4 is 23.2 Å². The van der Waals surface area contributed by atoms with Gasteiger partial charge in [0.1, 0.15) is 6.10 Å². The molecule has 1 aliphatic heterocycles. The highest BCUT2D eigenvalue weighted by atomic mass is 16.5. The number of hydrogen-bond donors (Lipinski definition) is 2. The number of rotatable bonds is 4. The standard InChI is InChI=1S/C22H26N2O3/c1-22(2,3)16-9-11-17(12-10-16)23-20(25)15-6-4-7-18(14-15)24-21(26)19-8-5-13-27-19/h4,6-7,9-12,14,19H,5,8,13H2,1-3H3,(H,23,25)(H,24,26). The molecule has 1 unspecified atom stereocenters. The quantitative estimate of drug-likeness (QED) is 0.845. The summed E-state index contributed by atoms with van der Waals surface area (Å²) in [5.74, 6) is -0.380. The van der Waals surface area contributed by atoms with Gasteiger partial charge in [-0.1, -0.05) is 39.0 Å². The van der Waals surface area contributed by atoms with Gasteiger partial charge in [0.2, 0.25) is 0 Å². The highest BCUT2D eigenvalue weighted by molar-refractivity contribution is 6.05. The van der Waals surface area contributed by atoms with Crippen LogP contribution < -0.4 is 10.6 Å². The van der Waals surface area contributed by atoms with Crippen molar-refractivity contribution < 1.29 is 14.3 Å².